The van der Waals surface area contributed by atoms with Crippen molar-refractivity contribution in [2.75, 3.05) is 0 Å². The van der Waals surface area contributed by atoms with Crippen molar-refractivity contribution in [3.05, 3.63) is 227 Å². The van der Waals surface area contributed by atoms with Crippen LogP contribution in [0.3, 0.4) is 0 Å². The van der Waals surface area contributed by atoms with Crippen LogP contribution in [0.5, 0.6) is 0 Å². The second-order valence-electron chi connectivity index (χ2n) is 14.6. The average Bonchev–Trinajstić information content (AvgIpc) is 3.92. The smallest absolute Gasteiger partial charge is 0.184 e. The molecule has 0 aliphatic rings. The number of aromatic nitrogens is 6. The quantitative estimate of drug-likeness (QED) is 0.0862. The molecular weight excluding hydrogens is 725 g/mol. The number of nitrogens with zero attached hydrogens (tertiary/aromatic N) is 6. The summed E-state index contributed by atoms with van der Waals surface area (Å²) in [7, 11) is 0. The summed E-state index contributed by atoms with van der Waals surface area (Å²) in [5.41, 5.74) is 8.28. The van der Waals surface area contributed by atoms with E-state index in [1.807, 2.05) is 59.3 Å². The lowest BCUT2D eigenvalue weighted by Crippen LogP contribution is -2.39. The fourth-order valence-corrected chi connectivity index (χ4v) is 8.35. The van der Waals surface area contributed by atoms with E-state index in [0.29, 0.717) is 23.8 Å². The van der Waals surface area contributed by atoms with Crippen molar-refractivity contribution in [1.29, 1.82) is 0 Å². The van der Waals surface area contributed by atoms with E-state index in [1.165, 1.54) is 0 Å². The Balaban J connectivity index is 1.21. The van der Waals surface area contributed by atoms with Crippen LogP contribution in [0.15, 0.2) is 182 Å². The van der Waals surface area contributed by atoms with Gasteiger partial charge in [-0.2, -0.15) is 0 Å². The van der Waals surface area contributed by atoms with E-state index in [9.17, 15) is 4.79 Å². The van der Waals surface area contributed by atoms with Gasteiger partial charge in [0.1, 0.15) is 17.1 Å². The molecule has 2 aromatic heterocycles. The molecule has 0 aliphatic carbocycles. The monoisotopic (exact) mass is 766 g/mol. The number of rotatable bonds is 13. The highest BCUT2D eigenvalue weighted by atomic mass is 16.1. The van der Waals surface area contributed by atoms with E-state index in [1.54, 1.807) is 0 Å². The highest BCUT2D eigenvalue weighted by molar-refractivity contribution is 5.93. The van der Waals surface area contributed by atoms with Crippen LogP contribution in [0, 0.1) is 0 Å². The first kappa shape index (κ1) is 37.1. The van der Waals surface area contributed by atoms with Gasteiger partial charge in [0.25, 0.3) is 0 Å². The number of carbonyl (C=O) groups excluding carboxylic acids is 1. The molecule has 0 aliphatic heterocycles. The first-order valence-electron chi connectivity index (χ1n) is 20.0. The maximum Gasteiger partial charge on any atom is 0.184 e. The number of fused-ring (bicyclic) bond motifs is 1. The number of imidazole rings is 1. The van der Waals surface area contributed by atoms with Crippen LogP contribution >= 0.6 is 0 Å². The highest BCUT2D eigenvalue weighted by Crippen LogP contribution is 2.43. The Morgan fingerprint density at radius 3 is 1.88 bits per heavy atom. The van der Waals surface area contributed by atoms with Gasteiger partial charge >= 0.3 is 0 Å². The van der Waals surface area contributed by atoms with Gasteiger partial charge in [-0.15, -0.1) is 5.10 Å². The zero-order valence-electron chi connectivity index (χ0n) is 32.8. The van der Waals surface area contributed by atoms with E-state index < -0.39 is 5.54 Å². The van der Waals surface area contributed by atoms with Crippen molar-refractivity contribution in [3.63, 3.8) is 0 Å². The van der Waals surface area contributed by atoms with Crippen LogP contribution in [-0.4, -0.2) is 36.0 Å². The van der Waals surface area contributed by atoms with E-state index in [0.717, 1.165) is 80.2 Å². The minimum absolute atomic E-state index is 0.434. The van der Waals surface area contributed by atoms with Crippen LogP contribution in [0.25, 0.3) is 45.4 Å². The number of carbonyl (C=O) groups is 1. The largest absolute Gasteiger partial charge is 0.321 e. The molecule has 7 aromatic carbocycles. The summed E-state index contributed by atoms with van der Waals surface area (Å²) in [6.45, 7) is 2.57. The summed E-state index contributed by atoms with van der Waals surface area (Å²) in [4.78, 5) is 18.1. The Morgan fingerprint density at radius 1 is 0.627 bits per heavy atom. The van der Waals surface area contributed by atoms with Crippen molar-refractivity contribution < 1.29 is 4.79 Å². The first-order valence-corrected chi connectivity index (χ1v) is 20.0. The molecule has 9 aromatic rings. The van der Waals surface area contributed by atoms with Gasteiger partial charge in [-0.25, -0.2) is 9.67 Å². The minimum Gasteiger partial charge on any atom is -0.321 e. The maximum absolute atomic E-state index is 13.0. The molecule has 0 saturated carbocycles. The van der Waals surface area contributed by atoms with Crippen LogP contribution in [0.4, 0.5) is 0 Å². The van der Waals surface area contributed by atoms with Crippen molar-refractivity contribution in [2.24, 2.45) is 0 Å². The van der Waals surface area contributed by atoms with Gasteiger partial charge in [0.2, 0.25) is 0 Å². The topological polar surface area (TPSA) is 78.5 Å². The molecule has 0 fully saturated rings. The molecule has 286 valence electrons. The summed E-state index contributed by atoms with van der Waals surface area (Å²) < 4.78 is 4.04. The SMILES string of the molecule is CCCc1nc(C=Cc2cccc3ccccc23)c(C=O)n1Cc1ccc(-c2ccccc2)c(-c2nnnn2C(c2ccccc2)(c2ccccc2)c2ccccc2)c1. The summed E-state index contributed by atoms with van der Waals surface area (Å²) in [6.07, 6.45) is 6.57. The molecule has 7 nitrogen and oxygen atoms in total. The van der Waals surface area contributed by atoms with Crippen molar-refractivity contribution in [2.45, 2.75) is 31.8 Å². The van der Waals surface area contributed by atoms with Crippen LogP contribution in [-0.2, 0) is 18.5 Å². The molecule has 0 N–H and O–H groups in total. The van der Waals surface area contributed by atoms with Gasteiger partial charge in [-0.05, 0) is 78.7 Å². The Hall–Kier alpha value is -7.51. The molecule has 0 spiro atoms. The third-order valence-corrected chi connectivity index (χ3v) is 11.1. The van der Waals surface area contributed by atoms with E-state index in [2.05, 4.69) is 156 Å². The molecule has 0 atom stereocenters. The molecule has 0 unspecified atom stereocenters. The van der Waals surface area contributed by atoms with Crippen LogP contribution in [0.1, 0.15) is 63.2 Å². The van der Waals surface area contributed by atoms with Gasteiger partial charge in [-0.3, -0.25) is 4.79 Å². The van der Waals surface area contributed by atoms with Crippen molar-refractivity contribution >= 4 is 29.2 Å². The average molecular weight is 767 g/mol. The zero-order chi connectivity index (χ0) is 40.0. The minimum atomic E-state index is -0.929. The maximum atomic E-state index is 13.0. The van der Waals surface area contributed by atoms with E-state index in [-0.39, 0.29) is 0 Å². The molecule has 2 heterocycles. The summed E-state index contributed by atoms with van der Waals surface area (Å²) in [6, 6.07) is 62.7. The number of hydrogen-bond donors (Lipinski definition) is 0. The van der Waals surface area contributed by atoms with Crippen molar-refractivity contribution in [3.8, 4) is 22.5 Å². The van der Waals surface area contributed by atoms with Gasteiger partial charge in [-0.1, -0.05) is 189 Å². The molecule has 0 amide bonds. The second-order valence-corrected chi connectivity index (χ2v) is 14.6. The van der Waals surface area contributed by atoms with Crippen molar-refractivity contribution in [1.82, 2.24) is 29.8 Å². The Morgan fingerprint density at radius 2 is 1.24 bits per heavy atom. The lowest BCUT2D eigenvalue weighted by Gasteiger charge is -2.36. The van der Waals surface area contributed by atoms with E-state index in [4.69, 9.17) is 15.3 Å². The molecule has 59 heavy (non-hydrogen) atoms. The van der Waals surface area contributed by atoms with Gasteiger partial charge in [0.05, 0.1) is 5.69 Å². The lowest BCUT2D eigenvalue weighted by molar-refractivity contribution is 0.111. The number of benzene rings is 7. The summed E-state index contributed by atoms with van der Waals surface area (Å²) in [5, 5.41) is 16.4. The highest BCUT2D eigenvalue weighted by Gasteiger charge is 2.42. The van der Waals surface area contributed by atoms with Crippen LogP contribution in [0.2, 0.25) is 0 Å². The standard InChI is InChI=1S/C52H42N6O/c1-2-18-50-53-48(34-32-41-23-17-22-39-21-15-16-30-45(39)41)49(37-59)57(50)36-38-31-33-46(40-19-7-3-8-20-40)47(35-38)51-54-55-56-58(51)52(42-24-9-4-10-25-42,43-26-11-5-12-27-43)44-28-13-6-14-29-44/h3-17,19-35,37H,2,18,36H2,1H3. The van der Waals surface area contributed by atoms with Crippen LogP contribution < -0.4 is 0 Å². The molecule has 0 saturated heterocycles. The summed E-state index contributed by atoms with van der Waals surface area (Å²) in [5.74, 6) is 1.47. The van der Waals surface area contributed by atoms with Gasteiger partial charge in [0, 0.05) is 18.5 Å². The zero-order valence-corrected chi connectivity index (χ0v) is 32.8. The predicted octanol–water partition coefficient (Wildman–Crippen LogP) is 11.2. The lowest BCUT2D eigenvalue weighted by atomic mass is 9.77. The molecule has 9 rings (SSSR count). The molecule has 0 radical (unpaired) electrons. The fraction of sp³-hybridized carbons (Fsp3) is 0.0962. The fourth-order valence-electron chi connectivity index (χ4n) is 8.35. The first-order chi connectivity index (χ1) is 29.2. The third kappa shape index (κ3) is 6.97. The number of aryl methyl sites for hydroxylation is 1. The number of hydrogen-bond acceptors (Lipinski definition) is 5. The molecule has 0 bridgehead atoms. The normalized spacial score (nSPS) is 11.7. The second kappa shape index (κ2) is 16.5. The third-order valence-electron chi connectivity index (χ3n) is 11.1. The Bertz CT molecular complexity index is 2780. The molecular formula is C52H42N6O. The van der Waals surface area contributed by atoms with E-state index >= 15 is 0 Å². The Labute approximate surface area is 344 Å². The number of tetrazole rings is 1. The van der Waals surface area contributed by atoms with Gasteiger partial charge < -0.3 is 4.57 Å². The van der Waals surface area contributed by atoms with Gasteiger partial charge in [0.15, 0.2) is 12.1 Å². The number of aldehydes is 1. The summed E-state index contributed by atoms with van der Waals surface area (Å²) >= 11 is 0. The molecule has 7 heteroatoms. The predicted molar refractivity (Wildman–Crippen MR) is 237 cm³/mol. The Kier molecular flexibility index (Phi) is 10.4.